The Morgan fingerprint density at radius 2 is 1.92 bits per heavy atom. The average molecular weight is 573 g/mol. The van der Waals surface area contributed by atoms with E-state index in [1.54, 1.807) is 42.3 Å². The quantitative estimate of drug-likeness (QED) is 0.155. The maximum atomic E-state index is 11.3. The summed E-state index contributed by atoms with van der Waals surface area (Å²) >= 11 is 7.23. The maximum absolute atomic E-state index is 11.3. The van der Waals surface area contributed by atoms with Crippen molar-refractivity contribution in [1.82, 2.24) is 4.90 Å². The van der Waals surface area contributed by atoms with E-state index in [0.717, 1.165) is 18.5 Å². The van der Waals surface area contributed by atoms with Gasteiger partial charge < -0.3 is 26.6 Å². The Bertz CT molecular complexity index is 668. The van der Waals surface area contributed by atoms with Gasteiger partial charge in [0.1, 0.15) is 0 Å². The van der Waals surface area contributed by atoms with Crippen LogP contribution < -0.4 is 11.5 Å². The molecule has 0 bridgehead atoms. The third-order valence-electron chi connectivity index (χ3n) is 4.50. The number of rotatable bonds is 9. The first-order valence-electron chi connectivity index (χ1n) is 11.4. The monoisotopic (exact) mass is 572 g/mol. The van der Waals surface area contributed by atoms with Gasteiger partial charge in [-0.05, 0) is 19.4 Å². The van der Waals surface area contributed by atoms with Crippen LogP contribution in [0, 0.1) is 22.0 Å². The van der Waals surface area contributed by atoms with Gasteiger partial charge in [-0.15, -0.1) is 0 Å². The van der Waals surface area contributed by atoms with Crippen molar-refractivity contribution in [2.24, 2.45) is 23.3 Å². The molecule has 0 aromatic heterocycles. The Hall–Kier alpha value is -1.48. The molecule has 0 aromatic rings. The van der Waals surface area contributed by atoms with Crippen LogP contribution in [-0.2, 0) is 14.4 Å². The number of thioether (sulfide) groups is 2. The summed E-state index contributed by atoms with van der Waals surface area (Å²) < 4.78 is 0. The number of carbonyl (C=O) groups excluding carboxylic acids is 1. The molecule has 1 amide bonds. The van der Waals surface area contributed by atoms with Gasteiger partial charge in [-0.25, -0.2) is 0 Å². The highest BCUT2D eigenvalue weighted by Gasteiger charge is 2.24. The third kappa shape index (κ3) is 23.0. The first-order chi connectivity index (χ1) is 16.7. The SMILES string of the molecule is C/C=C/[N+](=O)[O-].CC(CN)SCC(C)C(=O)O.CC1CN(C)C(=O)C(N)CS1.CCC(CS)C(=O)O. The summed E-state index contributed by atoms with van der Waals surface area (Å²) in [6, 6.07) is -0.296. The molecule has 1 saturated heterocycles. The van der Waals surface area contributed by atoms with Crippen molar-refractivity contribution in [3.63, 3.8) is 0 Å². The number of carboxylic acids is 2. The Morgan fingerprint density at radius 3 is 2.22 bits per heavy atom. The molecule has 0 radical (unpaired) electrons. The van der Waals surface area contributed by atoms with Crippen LogP contribution in [0.5, 0.6) is 0 Å². The molecule has 6 N–H and O–H groups in total. The average Bonchev–Trinajstić information content (AvgIpc) is 2.91. The molecule has 212 valence electrons. The smallest absolute Gasteiger partial charge is 0.307 e. The van der Waals surface area contributed by atoms with Crippen molar-refractivity contribution in [2.75, 3.05) is 37.4 Å². The van der Waals surface area contributed by atoms with Crippen LogP contribution in [-0.4, -0.2) is 91.8 Å². The first kappa shape index (κ1) is 39.0. The van der Waals surface area contributed by atoms with Gasteiger partial charge in [0.25, 0.3) is 0 Å². The highest BCUT2D eigenvalue weighted by Crippen LogP contribution is 2.17. The molecule has 0 aromatic carbocycles. The van der Waals surface area contributed by atoms with Gasteiger partial charge in [-0.1, -0.05) is 27.7 Å². The van der Waals surface area contributed by atoms with E-state index in [4.69, 9.17) is 21.7 Å². The number of nitrogens with zero attached hydrogens (tertiary/aromatic N) is 2. The van der Waals surface area contributed by atoms with Gasteiger partial charge >= 0.3 is 11.9 Å². The van der Waals surface area contributed by atoms with Crippen LogP contribution in [0.15, 0.2) is 12.3 Å². The highest BCUT2D eigenvalue weighted by molar-refractivity contribution is 8.00. The molecule has 0 aliphatic carbocycles. The second-order valence-electron chi connectivity index (χ2n) is 7.98. The molecular formula is C22H44N4O7S3. The molecular weight excluding hydrogens is 528 g/mol. The molecule has 1 rings (SSSR count). The number of hydrogen-bond acceptors (Lipinski definition) is 10. The lowest BCUT2D eigenvalue weighted by Gasteiger charge is -2.17. The minimum Gasteiger partial charge on any atom is -0.481 e. The molecule has 14 heteroatoms. The van der Waals surface area contributed by atoms with Crippen LogP contribution in [0.25, 0.3) is 0 Å². The molecule has 1 heterocycles. The number of allylic oxidation sites excluding steroid dienone is 1. The highest BCUT2D eigenvalue weighted by atomic mass is 32.2. The third-order valence-corrected chi connectivity index (χ3v) is 7.67. The summed E-state index contributed by atoms with van der Waals surface area (Å²) in [6.45, 7) is 10.7. The zero-order valence-corrected chi connectivity index (χ0v) is 24.6. The number of likely N-dealkylation sites (N-methyl/N-ethyl adjacent to an activating group) is 1. The van der Waals surface area contributed by atoms with Crippen molar-refractivity contribution in [3.8, 4) is 0 Å². The Labute approximate surface area is 228 Å². The molecule has 0 saturated carbocycles. The van der Waals surface area contributed by atoms with Crippen LogP contribution in [0.2, 0.25) is 0 Å². The van der Waals surface area contributed by atoms with Crippen molar-refractivity contribution in [1.29, 1.82) is 0 Å². The molecule has 36 heavy (non-hydrogen) atoms. The van der Waals surface area contributed by atoms with E-state index in [1.807, 2.05) is 20.9 Å². The number of nitrogens with two attached hydrogens (primary N) is 2. The number of amides is 1. The summed E-state index contributed by atoms with van der Waals surface area (Å²) in [4.78, 5) is 42.3. The number of carboxylic acid groups (broad SMARTS) is 2. The van der Waals surface area contributed by atoms with E-state index in [0.29, 0.717) is 35.0 Å². The van der Waals surface area contributed by atoms with Gasteiger partial charge in [0.15, 0.2) is 0 Å². The lowest BCUT2D eigenvalue weighted by molar-refractivity contribution is -0.402. The lowest BCUT2D eigenvalue weighted by Crippen LogP contribution is -2.42. The normalized spacial score (nSPS) is 19.7. The van der Waals surface area contributed by atoms with Gasteiger partial charge in [-0.3, -0.25) is 24.5 Å². The van der Waals surface area contributed by atoms with Gasteiger partial charge in [-0.2, -0.15) is 36.2 Å². The predicted octanol–water partition coefficient (Wildman–Crippen LogP) is 2.52. The largest absolute Gasteiger partial charge is 0.481 e. The van der Waals surface area contributed by atoms with E-state index in [2.05, 4.69) is 19.6 Å². The fraction of sp³-hybridized carbons (Fsp3) is 0.773. The molecule has 5 atom stereocenters. The van der Waals surface area contributed by atoms with E-state index in [-0.39, 0.29) is 23.8 Å². The van der Waals surface area contributed by atoms with Gasteiger partial charge in [0.05, 0.1) is 22.8 Å². The zero-order chi connectivity index (χ0) is 28.8. The van der Waals surface area contributed by atoms with E-state index < -0.39 is 16.9 Å². The second-order valence-corrected chi connectivity index (χ2v) is 11.3. The van der Waals surface area contributed by atoms with Crippen molar-refractivity contribution >= 4 is 54.0 Å². The molecule has 1 fully saturated rings. The van der Waals surface area contributed by atoms with Crippen LogP contribution in [0.4, 0.5) is 0 Å². The van der Waals surface area contributed by atoms with Crippen molar-refractivity contribution < 1.29 is 29.5 Å². The first-order valence-corrected chi connectivity index (χ1v) is 14.2. The molecule has 1 aliphatic rings. The zero-order valence-electron chi connectivity index (χ0n) is 22.0. The Kier molecular flexibility index (Phi) is 25.9. The molecule has 1 aliphatic heterocycles. The topological polar surface area (TPSA) is 190 Å². The number of hydrogen-bond donors (Lipinski definition) is 5. The van der Waals surface area contributed by atoms with Crippen molar-refractivity contribution in [3.05, 3.63) is 22.4 Å². The van der Waals surface area contributed by atoms with Crippen LogP contribution in [0.3, 0.4) is 0 Å². The summed E-state index contributed by atoms with van der Waals surface area (Å²) in [5, 5.41) is 27.0. The Balaban J connectivity index is -0.000000415. The Morgan fingerprint density at radius 1 is 1.36 bits per heavy atom. The van der Waals surface area contributed by atoms with Gasteiger partial charge in [0.2, 0.25) is 12.1 Å². The van der Waals surface area contributed by atoms with Gasteiger partial charge in [0, 0.05) is 47.9 Å². The standard InChI is InChI=1S/C7H14N2OS.C7H15NO2S.C5H10O2S.C3H5NO2/c1-5-3-9(2)7(10)6(8)4-11-5;1-5(7(9)10)4-11-6(2)3-8;1-2-4(3-8)5(6)7;1-2-3-4(5)6/h5-6H,3-4,8H2,1-2H3;5-6H,3-4,8H2,1-2H3,(H,9,10);4,8H,2-3H2,1H3,(H,6,7);2-3H,1H3/b;;;3-2+. The van der Waals surface area contributed by atoms with E-state index >= 15 is 0 Å². The van der Waals surface area contributed by atoms with Crippen LogP contribution in [0.1, 0.15) is 41.0 Å². The lowest BCUT2D eigenvalue weighted by atomic mass is 10.1. The molecule has 0 spiro atoms. The van der Waals surface area contributed by atoms with Crippen molar-refractivity contribution in [2.45, 2.75) is 57.6 Å². The fourth-order valence-corrected chi connectivity index (χ4v) is 4.42. The van der Waals surface area contributed by atoms with E-state index in [9.17, 15) is 24.5 Å². The minimum atomic E-state index is -0.748. The summed E-state index contributed by atoms with van der Waals surface area (Å²) in [5.41, 5.74) is 11.0. The summed E-state index contributed by atoms with van der Waals surface area (Å²) in [6.07, 6.45) is 2.93. The summed E-state index contributed by atoms with van der Waals surface area (Å²) in [5.74, 6) is -0.109. The minimum absolute atomic E-state index is 0.0712. The number of nitro groups is 1. The second kappa shape index (κ2) is 23.9. The molecule has 5 unspecified atom stereocenters. The summed E-state index contributed by atoms with van der Waals surface area (Å²) in [7, 11) is 1.81. The van der Waals surface area contributed by atoms with E-state index in [1.165, 1.54) is 6.08 Å². The maximum Gasteiger partial charge on any atom is 0.307 e. The predicted molar refractivity (Wildman–Crippen MR) is 152 cm³/mol. The molecule has 11 nitrogen and oxygen atoms in total. The fourth-order valence-electron chi connectivity index (χ4n) is 2.10. The number of carbonyl (C=O) groups is 3. The van der Waals surface area contributed by atoms with Crippen LogP contribution >= 0.6 is 36.2 Å². The number of thiol groups is 1. The number of aliphatic carboxylic acids is 2.